The zero-order valence-electron chi connectivity index (χ0n) is 22.2. The Bertz CT molecular complexity index is 1600. The van der Waals surface area contributed by atoms with E-state index in [2.05, 4.69) is 15.8 Å². The molecule has 4 rings (SSSR count). The third-order valence-corrected chi connectivity index (χ3v) is 7.96. The molecule has 0 saturated carbocycles. The number of hydrogen-bond acceptors (Lipinski definition) is 5. The number of rotatable bonds is 10. The van der Waals surface area contributed by atoms with Gasteiger partial charge in [-0.3, -0.25) is 13.9 Å². The fourth-order valence-corrected chi connectivity index (χ4v) is 5.37. The van der Waals surface area contributed by atoms with Crippen molar-refractivity contribution in [3.8, 4) is 0 Å². The van der Waals surface area contributed by atoms with Gasteiger partial charge in [-0.25, -0.2) is 13.8 Å². The van der Waals surface area contributed by atoms with Crippen LogP contribution in [0.2, 0.25) is 0 Å². The summed E-state index contributed by atoms with van der Waals surface area (Å²) in [5.74, 6) is -0.848. The zero-order valence-corrected chi connectivity index (χ0v) is 23.1. The standard InChI is InChI=1S/C31H30N4O4S/c1-3-24-17-19-28(20-18-24)35(40(38,39)29-15-8-5-9-16-29)22-30(36)34-33-23(2)26-13-10-14-27(21-26)32-31(37)25-11-6-4-7-12-25/h4-21H,3,22H2,1-2H3,(H,32,37)(H,34,36)/b33-23-. The van der Waals surface area contributed by atoms with E-state index < -0.39 is 22.5 Å². The number of nitrogens with one attached hydrogen (secondary N) is 2. The molecule has 0 aliphatic heterocycles. The van der Waals surface area contributed by atoms with E-state index in [1.807, 2.05) is 25.1 Å². The van der Waals surface area contributed by atoms with Crippen LogP contribution in [0.3, 0.4) is 0 Å². The van der Waals surface area contributed by atoms with Crippen LogP contribution >= 0.6 is 0 Å². The van der Waals surface area contributed by atoms with Crippen LogP contribution in [0.5, 0.6) is 0 Å². The Kier molecular flexibility index (Phi) is 9.08. The van der Waals surface area contributed by atoms with Crippen molar-refractivity contribution in [2.24, 2.45) is 5.10 Å². The van der Waals surface area contributed by atoms with Crippen molar-refractivity contribution < 1.29 is 18.0 Å². The number of nitrogens with zero attached hydrogens (tertiary/aromatic N) is 2. The first-order valence-corrected chi connectivity index (χ1v) is 14.2. The van der Waals surface area contributed by atoms with Crippen LogP contribution < -0.4 is 15.0 Å². The molecule has 0 atom stereocenters. The minimum atomic E-state index is -4.02. The highest BCUT2D eigenvalue weighted by Crippen LogP contribution is 2.24. The summed E-state index contributed by atoms with van der Waals surface area (Å²) in [5, 5.41) is 7.03. The Balaban J connectivity index is 1.50. The van der Waals surface area contributed by atoms with E-state index in [1.54, 1.807) is 85.8 Å². The Morgan fingerprint density at radius 2 is 1.43 bits per heavy atom. The van der Waals surface area contributed by atoms with Gasteiger partial charge in [0.2, 0.25) is 0 Å². The molecule has 40 heavy (non-hydrogen) atoms. The van der Waals surface area contributed by atoms with E-state index in [0.29, 0.717) is 28.2 Å². The molecule has 2 N–H and O–H groups in total. The van der Waals surface area contributed by atoms with Crippen molar-refractivity contribution in [2.45, 2.75) is 25.2 Å². The fraction of sp³-hybridized carbons (Fsp3) is 0.129. The van der Waals surface area contributed by atoms with Crippen LogP contribution in [-0.4, -0.2) is 32.5 Å². The monoisotopic (exact) mass is 554 g/mol. The molecule has 2 amide bonds. The van der Waals surface area contributed by atoms with Crippen LogP contribution in [0.25, 0.3) is 0 Å². The molecule has 0 heterocycles. The molecule has 8 nitrogen and oxygen atoms in total. The first-order chi connectivity index (χ1) is 19.3. The van der Waals surface area contributed by atoms with E-state index >= 15 is 0 Å². The van der Waals surface area contributed by atoms with E-state index in [0.717, 1.165) is 16.3 Å². The predicted octanol–water partition coefficient (Wildman–Crippen LogP) is 5.24. The number of aryl methyl sites for hydroxylation is 1. The highest BCUT2D eigenvalue weighted by atomic mass is 32.2. The van der Waals surface area contributed by atoms with Gasteiger partial charge in [0.25, 0.3) is 21.8 Å². The third-order valence-electron chi connectivity index (χ3n) is 6.17. The molecule has 0 aliphatic carbocycles. The maximum absolute atomic E-state index is 13.5. The number of hydrazone groups is 1. The lowest BCUT2D eigenvalue weighted by Gasteiger charge is -2.24. The minimum Gasteiger partial charge on any atom is -0.322 e. The Labute approximate surface area is 234 Å². The number of amides is 2. The molecule has 0 aromatic heterocycles. The number of benzene rings is 4. The summed E-state index contributed by atoms with van der Waals surface area (Å²) in [6.07, 6.45) is 0.803. The van der Waals surface area contributed by atoms with Gasteiger partial charge in [0.15, 0.2) is 0 Å². The lowest BCUT2D eigenvalue weighted by Crippen LogP contribution is -2.39. The smallest absolute Gasteiger partial charge is 0.264 e. The average molecular weight is 555 g/mol. The molecular weight excluding hydrogens is 524 g/mol. The van der Waals surface area contributed by atoms with Gasteiger partial charge in [-0.05, 0) is 73.0 Å². The predicted molar refractivity (Wildman–Crippen MR) is 158 cm³/mol. The summed E-state index contributed by atoms with van der Waals surface area (Å²) in [7, 11) is -4.02. The third kappa shape index (κ3) is 7.00. The molecule has 4 aromatic rings. The molecule has 9 heteroatoms. The molecular formula is C31H30N4O4S. The van der Waals surface area contributed by atoms with Crippen LogP contribution in [0.15, 0.2) is 119 Å². The number of carbonyl (C=O) groups is 2. The minimum absolute atomic E-state index is 0.0800. The molecule has 4 aromatic carbocycles. The number of hydrogen-bond donors (Lipinski definition) is 2. The summed E-state index contributed by atoms with van der Waals surface area (Å²) in [6.45, 7) is 3.25. The fourth-order valence-electron chi connectivity index (χ4n) is 3.92. The van der Waals surface area contributed by atoms with E-state index in [1.165, 1.54) is 12.1 Å². The lowest BCUT2D eigenvalue weighted by molar-refractivity contribution is -0.119. The van der Waals surface area contributed by atoms with Gasteiger partial charge in [0, 0.05) is 11.3 Å². The van der Waals surface area contributed by atoms with Gasteiger partial charge in [-0.1, -0.05) is 67.6 Å². The van der Waals surface area contributed by atoms with E-state index in [-0.39, 0.29) is 10.8 Å². The lowest BCUT2D eigenvalue weighted by atomic mass is 10.1. The Morgan fingerprint density at radius 1 is 0.800 bits per heavy atom. The van der Waals surface area contributed by atoms with Crippen LogP contribution in [0.1, 0.15) is 35.3 Å². The molecule has 0 spiro atoms. The van der Waals surface area contributed by atoms with Gasteiger partial charge < -0.3 is 5.32 Å². The number of anilines is 2. The first-order valence-electron chi connectivity index (χ1n) is 12.7. The molecule has 0 bridgehead atoms. The summed E-state index contributed by atoms with van der Waals surface area (Å²) in [6, 6.07) is 31.0. The number of carbonyl (C=O) groups excluding carboxylic acids is 2. The Morgan fingerprint density at radius 3 is 2.08 bits per heavy atom. The SMILES string of the molecule is CCc1ccc(N(CC(=O)N/N=C(/C)c2cccc(NC(=O)c3ccccc3)c2)S(=O)(=O)c2ccccc2)cc1. The van der Waals surface area contributed by atoms with Crippen molar-refractivity contribution in [3.05, 3.63) is 126 Å². The van der Waals surface area contributed by atoms with Gasteiger partial charge in [0.05, 0.1) is 16.3 Å². The normalized spacial score (nSPS) is 11.5. The van der Waals surface area contributed by atoms with Gasteiger partial charge in [0.1, 0.15) is 6.54 Å². The summed E-state index contributed by atoms with van der Waals surface area (Å²) >= 11 is 0. The maximum Gasteiger partial charge on any atom is 0.264 e. The van der Waals surface area contributed by atoms with E-state index in [9.17, 15) is 18.0 Å². The average Bonchev–Trinajstić information content (AvgIpc) is 2.99. The molecule has 0 aliphatic rings. The maximum atomic E-state index is 13.5. The van der Waals surface area contributed by atoms with Gasteiger partial charge in [-0.2, -0.15) is 5.10 Å². The zero-order chi connectivity index (χ0) is 28.5. The van der Waals surface area contributed by atoms with E-state index in [4.69, 9.17) is 0 Å². The second kappa shape index (κ2) is 12.9. The molecule has 0 unspecified atom stereocenters. The van der Waals surface area contributed by atoms with Gasteiger partial charge >= 0.3 is 0 Å². The molecule has 0 radical (unpaired) electrons. The van der Waals surface area contributed by atoms with Crippen molar-refractivity contribution in [1.29, 1.82) is 0 Å². The highest BCUT2D eigenvalue weighted by molar-refractivity contribution is 7.92. The van der Waals surface area contributed by atoms with Crippen molar-refractivity contribution >= 4 is 38.9 Å². The number of sulfonamides is 1. The summed E-state index contributed by atoms with van der Waals surface area (Å²) in [5.41, 5.74) is 6.15. The van der Waals surface area contributed by atoms with Crippen molar-refractivity contribution in [3.63, 3.8) is 0 Å². The van der Waals surface area contributed by atoms with Crippen LogP contribution in [-0.2, 0) is 21.2 Å². The van der Waals surface area contributed by atoms with Crippen molar-refractivity contribution in [2.75, 3.05) is 16.2 Å². The molecule has 204 valence electrons. The second-order valence-electron chi connectivity index (χ2n) is 8.98. The summed E-state index contributed by atoms with van der Waals surface area (Å²) in [4.78, 5) is 25.5. The molecule has 0 saturated heterocycles. The summed E-state index contributed by atoms with van der Waals surface area (Å²) < 4.78 is 28.0. The highest BCUT2D eigenvalue weighted by Gasteiger charge is 2.27. The quantitative estimate of drug-likeness (QED) is 0.207. The largest absolute Gasteiger partial charge is 0.322 e. The second-order valence-corrected chi connectivity index (χ2v) is 10.8. The van der Waals surface area contributed by atoms with Crippen molar-refractivity contribution in [1.82, 2.24) is 5.43 Å². The Hall–Kier alpha value is -4.76. The van der Waals surface area contributed by atoms with Gasteiger partial charge in [-0.15, -0.1) is 0 Å². The van der Waals surface area contributed by atoms with Crippen LogP contribution in [0, 0.1) is 0 Å². The topological polar surface area (TPSA) is 108 Å². The molecule has 0 fully saturated rings. The first kappa shape index (κ1) is 28.3. The van der Waals surface area contributed by atoms with Crippen LogP contribution in [0.4, 0.5) is 11.4 Å².